The lowest BCUT2D eigenvalue weighted by atomic mass is 10.0. The van der Waals surface area contributed by atoms with E-state index >= 15 is 0 Å². The number of carbonyl (C=O) groups excluding carboxylic acids is 2. The molecule has 0 saturated carbocycles. The van der Waals surface area contributed by atoms with Crippen LogP contribution in [-0.2, 0) is 16.0 Å². The summed E-state index contributed by atoms with van der Waals surface area (Å²) in [7, 11) is 0. The molecule has 1 unspecified atom stereocenters. The lowest BCUT2D eigenvalue weighted by molar-refractivity contribution is -0.122. The van der Waals surface area contributed by atoms with E-state index in [0.29, 0.717) is 11.7 Å². The summed E-state index contributed by atoms with van der Waals surface area (Å²) in [6.07, 6.45) is 1.05. The number of hydrogen-bond donors (Lipinski definition) is 1. The van der Waals surface area contributed by atoms with Crippen molar-refractivity contribution in [3.8, 4) is 9.88 Å². The number of benzene rings is 1. The lowest BCUT2D eigenvalue weighted by Gasteiger charge is -2.22. The molecular formula is C20H20N4O2S2. The fraction of sp³-hybridized carbons (Fsp3) is 0.300. The minimum atomic E-state index is -0.397. The minimum absolute atomic E-state index is 0.0133. The van der Waals surface area contributed by atoms with Gasteiger partial charge in [-0.15, -0.1) is 21.5 Å². The molecule has 6 nitrogen and oxygen atoms in total. The fourth-order valence-corrected chi connectivity index (χ4v) is 5.01. The SMILES string of the molecule is CCc1cccc(C)c1N1CC(C(=O)Nc2nnc(-c3cccs3)s2)CC1=O. The summed E-state index contributed by atoms with van der Waals surface area (Å²) >= 11 is 2.92. The zero-order valence-electron chi connectivity index (χ0n) is 15.6. The number of nitrogens with zero attached hydrogens (tertiary/aromatic N) is 3. The zero-order chi connectivity index (χ0) is 19.7. The highest BCUT2D eigenvalue weighted by molar-refractivity contribution is 7.23. The fourth-order valence-electron chi connectivity index (χ4n) is 3.47. The highest BCUT2D eigenvalue weighted by atomic mass is 32.1. The van der Waals surface area contributed by atoms with Crippen LogP contribution in [0.1, 0.15) is 24.5 Å². The van der Waals surface area contributed by atoms with E-state index in [1.54, 1.807) is 16.2 Å². The predicted octanol–water partition coefficient (Wildman–Crippen LogP) is 4.13. The number of aryl methyl sites for hydroxylation is 2. The van der Waals surface area contributed by atoms with Gasteiger partial charge in [0.1, 0.15) is 0 Å². The van der Waals surface area contributed by atoms with Gasteiger partial charge < -0.3 is 10.2 Å². The summed E-state index contributed by atoms with van der Waals surface area (Å²) in [5, 5.41) is 14.3. The van der Waals surface area contributed by atoms with Crippen molar-refractivity contribution in [2.24, 2.45) is 5.92 Å². The van der Waals surface area contributed by atoms with Crippen molar-refractivity contribution in [2.75, 3.05) is 16.8 Å². The molecule has 1 atom stereocenters. The van der Waals surface area contributed by atoms with Crippen LogP contribution in [-0.4, -0.2) is 28.6 Å². The molecule has 1 aromatic carbocycles. The van der Waals surface area contributed by atoms with Crippen molar-refractivity contribution < 1.29 is 9.59 Å². The number of anilines is 2. The number of amides is 2. The maximum atomic E-state index is 12.7. The smallest absolute Gasteiger partial charge is 0.231 e. The van der Waals surface area contributed by atoms with Gasteiger partial charge in [0.2, 0.25) is 16.9 Å². The van der Waals surface area contributed by atoms with Crippen LogP contribution >= 0.6 is 22.7 Å². The quantitative estimate of drug-likeness (QED) is 0.684. The number of hydrogen-bond acceptors (Lipinski definition) is 6. The van der Waals surface area contributed by atoms with E-state index in [1.165, 1.54) is 11.3 Å². The molecule has 1 fully saturated rings. The Morgan fingerprint density at radius 2 is 2.14 bits per heavy atom. The normalized spacial score (nSPS) is 16.6. The van der Waals surface area contributed by atoms with Gasteiger partial charge in [-0.2, -0.15) is 0 Å². The maximum Gasteiger partial charge on any atom is 0.231 e. The van der Waals surface area contributed by atoms with Crippen LogP contribution in [0, 0.1) is 12.8 Å². The number of nitrogens with one attached hydrogen (secondary N) is 1. The molecule has 0 bridgehead atoms. The van der Waals surface area contributed by atoms with E-state index in [0.717, 1.165) is 33.1 Å². The van der Waals surface area contributed by atoms with Crippen LogP contribution < -0.4 is 10.2 Å². The molecule has 1 aliphatic heterocycles. The summed E-state index contributed by atoms with van der Waals surface area (Å²) in [6.45, 7) is 4.46. The van der Waals surface area contributed by atoms with Crippen molar-refractivity contribution in [1.82, 2.24) is 10.2 Å². The number of thiophene rings is 1. The average molecular weight is 413 g/mol. The van der Waals surface area contributed by atoms with E-state index in [9.17, 15) is 9.59 Å². The molecule has 0 aliphatic carbocycles. The summed E-state index contributed by atoms with van der Waals surface area (Å²) in [4.78, 5) is 28.1. The minimum Gasteiger partial charge on any atom is -0.311 e. The van der Waals surface area contributed by atoms with Crippen LogP contribution in [0.3, 0.4) is 0 Å². The average Bonchev–Trinajstić information content (AvgIpc) is 3.42. The second-order valence-corrected chi connectivity index (χ2v) is 8.65. The standard InChI is InChI=1S/C20H20N4O2S2/c1-3-13-7-4-6-12(2)17(13)24-11-14(10-16(24)25)18(26)21-20-23-22-19(28-20)15-8-5-9-27-15/h4-9,14H,3,10-11H2,1-2H3,(H,21,23,26). The molecule has 28 heavy (non-hydrogen) atoms. The van der Waals surface area contributed by atoms with Crippen LogP contribution in [0.5, 0.6) is 0 Å². The van der Waals surface area contributed by atoms with Crippen LogP contribution in [0.15, 0.2) is 35.7 Å². The molecule has 1 N–H and O–H groups in total. The molecular weight excluding hydrogens is 392 g/mol. The predicted molar refractivity (Wildman–Crippen MR) is 113 cm³/mol. The van der Waals surface area contributed by atoms with Crippen LogP contribution in [0.25, 0.3) is 9.88 Å². The largest absolute Gasteiger partial charge is 0.311 e. The Balaban J connectivity index is 1.48. The molecule has 144 valence electrons. The van der Waals surface area contributed by atoms with Crippen molar-refractivity contribution in [2.45, 2.75) is 26.7 Å². The summed E-state index contributed by atoms with van der Waals surface area (Å²) in [5.74, 6) is -0.594. The van der Waals surface area contributed by atoms with Gasteiger partial charge in [0.25, 0.3) is 0 Å². The Bertz CT molecular complexity index is 1010. The van der Waals surface area contributed by atoms with Gasteiger partial charge in [-0.25, -0.2) is 0 Å². The van der Waals surface area contributed by atoms with Gasteiger partial charge in [0.15, 0.2) is 5.01 Å². The van der Waals surface area contributed by atoms with E-state index in [1.807, 2.05) is 42.6 Å². The number of rotatable bonds is 5. The second-order valence-electron chi connectivity index (χ2n) is 6.72. The van der Waals surface area contributed by atoms with Crippen molar-refractivity contribution in [1.29, 1.82) is 0 Å². The molecule has 1 saturated heterocycles. The molecule has 0 spiro atoms. The maximum absolute atomic E-state index is 12.7. The Labute approximate surface area is 171 Å². The van der Waals surface area contributed by atoms with Gasteiger partial charge in [-0.1, -0.05) is 42.5 Å². The first-order valence-electron chi connectivity index (χ1n) is 9.14. The first-order valence-corrected chi connectivity index (χ1v) is 10.8. The van der Waals surface area contributed by atoms with Crippen LogP contribution in [0.4, 0.5) is 10.8 Å². The first-order chi connectivity index (χ1) is 13.6. The third kappa shape index (κ3) is 3.57. The Morgan fingerprint density at radius 1 is 1.29 bits per heavy atom. The monoisotopic (exact) mass is 412 g/mol. The molecule has 3 heterocycles. The molecule has 8 heteroatoms. The van der Waals surface area contributed by atoms with Gasteiger partial charge in [-0.05, 0) is 35.9 Å². The molecule has 1 aliphatic rings. The van der Waals surface area contributed by atoms with Crippen molar-refractivity contribution in [3.63, 3.8) is 0 Å². The number of carbonyl (C=O) groups is 2. The topological polar surface area (TPSA) is 75.2 Å². The van der Waals surface area contributed by atoms with Crippen molar-refractivity contribution >= 4 is 45.3 Å². The van der Waals surface area contributed by atoms with E-state index in [-0.39, 0.29) is 18.2 Å². The van der Waals surface area contributed by atoms with E-state index < -0.39 is 5.92 Å². The van der Waals surface area contributed by atoms with Gasteiger partial charge in [0.05, 0.1) is 10.8 Å². The van der Waals surface area contributed by atoms with Crippen LogP contribution in [0.2, 0.25) is 0 Å². The first kappa shape index (κ1) is 18.8. The van der Waals surface area contributed by atoms with E-state index in [4.69, 9.17) is 0 Å². The summed E-state index contributed by atoms with van der Waals surface area (Å²) < 4.78 is 0. The van der Waals surface area contributed by atoms with Crippen molar-refractivity contribution in [3.05, 3.63) is 46.8 Å². The van der Waals surface area contributed by atoms with Gasteiger partial charge in [-0.3, -0.25) is 9.59 Å². The Hall–Kier alpha value is -2.58. The third-order valence-corrected chi connectivity index (χ3v) is 6.73. The molecule has 0 radical (unpaired) electrons. The van der Waals surface area contributed by atoms with Gasteiger partial charge in [0, 0.05) is 18.7 Å². The molecule has 4 rings (SSSR count). The second kappa shape index (κ2) is 7.81. The highest BCUT2D eigenvalue weighted by Crippen LogP contribution is 2.33. The molecule has 3 aromatic rings. The summed E-state index contributed by atoms with van der Waals surface area (Å²) in [5.41, 5.74) is 3.12. The molecule has 2 amide bonds. The van der Waals surface area contributed by atoms with Gasteiger partial charge >= 0.3 is 0 Å². The lowest BCUT2D eigenvalue weighted by Crippen LogP contribution is -2.29. The Kier molecular flexibility index (Phi) is 5.23. The number of aromatic nitrogens is 2. The Morgan fingerprint density at radius 3 is 2.89 bits per heavy atom. The zero-order valence-corrected chi connectivity index (χ0v) is 17.3. The number of para-hydroxylation sites is 1. The van der Waals surface area contributed by atoms with E-state index in [2.05, 4.69) is 22.4 Å². The highest BCUT2D eigenvalue weighted by Gasteiger charge is 2.36. The third-order valence-electron chi connectivity index (χ3n) is 4.86. The summed E-state index contributed by atoms with van der Waals surface area (Å²) in [6, 6.07) is 9.97. The molecule has 2 aromatic heterocycles.